The molecule has 3 N–H and O–H groups in total. The van der Waals surface area contributed by atoms with E-state index in [2.05, 4.69) is 12.1 Å². The number of carboxylic acids is 1. The molecular formula is C21H19NO4S2. The first-order chi connectivity index (χ1) is 13.3. The Bertz CT molecular complexity index is 1160. The topological polar surface area (TPSA) is 97.5 Å². The van der Waals surface area contributed by atoms with Crippen LogP contribution in [-0.2, 0) is 10.0 Å². The van der Waals surface area contributed by atoms with Crippen LogP contribution < -0.4 is 5.14 Å². The number of sulfonamides is 1. The number of hydrogen-bond donors (Lipinski definition) is 2. The molecule has 144 valence electrons. The molecule has 0 aliphatic heterocycles. The average Bonchev–Trinajstić information content (AvgIpc) is 3.44. The normalized spacial score (nSPS) is 14.2. The molecule has 7 heteroatoms. The Labute approximate surface area is 167 Å². The van der Waals surface area contributed by atoms with Crippen molar-refractivity contribution >= 4 is 27.3 Å². The molecule has 1 aliphatic carbocycles. The number of rotatable bonds is 5. The predicted octanol–water partition coefficient (Wildman–Crippen LogP) is 4.61. The Kier molecular flexibility index (Phi) is 4.61. The molecule has 0 atom stereocenters. The van der Waals surface area contributed by atoms with Gasteiger partial charge in [0.25, 0.3) is 0 Å². The van der Waals surface area contributed by atoms with Crippen LogP contribution in [0.3, 0.4) is 0 Å². The van der Waals surface area contributed by atoms with E-state index in [1.165, 1.54) is 41.9 Å². The summed E-state index contributed by atoms with van der Waals surface area (Å²) < 4.78 is 23.0. The van der Waals surface area contributed by atoms with Crippen LogP contribution in [0.15, 0.2) is 53.4 Å². The van der Waals surface area contributed by atoms with Gasteiger partial charge in [0, 0.05) is 10.4 Å². The molecule has 0 amide bonds. The zero-order valence-electron chi connectivity index (χ0n) is 15.2. The molecule has 0 bridgehead atoms. The molecule has 0 radical (unpaired) electrons. The number of thiophene rings is 1. The molecule has 5 nitrogen and oxygen atoms in total. The minimum Gasteiger partial charge on any atom is -0.477 e. The Balaban J connectivity index is 1.80. The molecule has 1 heterocycles. The maximum absolute atomic E-state index is 11.9. The van der Waals surface area contributed by atoms with E-state index in [1.54, 1.807) is 12.1 Å². The lowest BCUT2D eigenvalue weighted by molar-refractivity contribution is 0.0703. The van der Waals surface area contributed by atoms with Crippen molar-refractivity contribution in [3.05, 3.63) is 64.5 Å². The second kappa shape index (κ2) is 6.84. The van der Waals surface area contributed by atoms with Crippen LogP contribution >= 0.6 is 11.3 Å². The summed E-state index contributed by atoms with van der Waals surface area (Å²) in [5.41, 5.74) is 4.45. The second-order valence-electron chi connectivity index (χ2n) is 7.03. The predicted molar refractivity (Wildman–Crippen MR) is 110 cm³/mol. The minimum atomic E-state index is -3.80. The number of carbonyl (C=O) groups is 1. The van der Waals surface area contributed by atoms with Crippen molar-refractivity contribution in [2.24, 2.45) is 5.14 Å². The highest BCUT2D eigenvalue weighted by Crippen LogP contribution is 2.44. The van der Waals surface area contributed by atoms with E-state index in [-0.39, 0.29) is 9.77 Å². The number of carboxylic acid groups (broad SMARTS) is 1. The molecule has 28 heavy (non-hydrogen) atoms. The number of primary sulfonamides is 1. The summed E-state index contributed by atoms with van der Waals surface area (Å²) in [5.74, 6) is -0.333. The third-order valence-corrected chi connectivity index (χ3v) is 7.29. The van der Waals surface area contributed by atoms with E-state index in [0.29, 0.717) is 17.0 Å². The van der Waals surface area contributed by atoms with Gasteiger partial charge in [-0.25, -0.2) is 18.4 Å². The Morgan fingerprint density at radius 3 is 2.11 bits per heavy atom. The van der Waals surface area contributed by atoms with Crippen molar-refractivity contribution in [1.82, 2.24) is 0 Å². The quantitative estimate of drug-likeness (QED) is 0.638. The molecule has 2 aromatic carbocycles. The van der Waals surface area contributed by atoms with E-state index >= 15 is 0 Å². The van der Waals surface area contributed by atoms with Crippen molar-refractivity contribution < 1.29 is 18.3 Å². The molecule has 3 aromatic rings. The lowest BCUT2D eigenvalue weighted by Crippen LogP contribution is -2.11. The highest BCUT2D eigenvalue weighted by Gasteiger charge is 2.25. The van der Waals surface area contributed by atoms with Gasteiger partial charge in [0.15, 0.2) is 0 Å². The second-order valence-corrected chi connectivity index (χ2v) is 9.61. The summed E-state index contributed by atoms with van der Waals surface area (Å²) in [5, 5.41) is 14.9. The number of hydrogen-bond acceptors (Lipinski definition) is 4. The van der Waals surface area contributed by atoms with Crippen LogP contribution in [0.2, 0.25) is 0 Å². The summed E-state index contributed by atoms with van der Waals surface area (Å²) in [6.45, 7) is 1.90. The summed E-state index contributed by atoms with van der Waals surface area (Å²) >= 11 is 1.24. The standard InChI is InChI=1S/C21H19NO4S2/c1-12-18(15-8-10-17(11-9-15)28(22,25)26)20(21(23)24)27-19(12)16-6-4-14(5-7-16)13-2-3-13/h4-11,13H,2-3H2,1H3,(H,23,24)(H2,22,25,26). The number of aromatic carboxylic acids is 1. The molecule has 0 unspecified atom stereocenters. The molecule has 1 saturated carbocycles. The van der Waals surface area contributed by atoms with Gasteiger partial charge >= 0.3 is 5.97 Å². The molecule has 4 rings (SSSR count). The summed E-state index contributed by atoms with van der Waals surface area (Å²) in [7, 11) is -3.80. The van der Waals surface area contributed by atoms with Crippen molar-refractivity contribution in [2.75, 3.05) is 0 Å². The average molecular weight is 414 g/mol. The van der Waals surface area contributed by atoms with Crippen LogP contribution in [0.25, 0.3) is 21.6 Å². The fraction of sp³-hybridized carbons (Fsp3) is 0.190. The van der Waals surface area contributed by atoms with Crippen molar-refractivity contribution in [2.45, 2.75) is 30.6 Å². The monoisotopic (exact) mass is 413 g/mol. The fourth-order valence-corrected chi connectivity index (χ4v) is 5.11. The largest absolute Gasteiger partial charge is 0.477 e. The van der Waals surface area contributed by atoms with E-state index in [0.717, 1.165) is 16.0 Å². The molecule has 0 saturated heterocycles. The zero-order chi connectivity index (χ0) is 20.1. The molecular weight excluding hydrogens is 394 g/mol. The van der Waals surface area contributed by atoms with Gasteiger partial charge in [0.05, 0.1) is 4.90 Å². The van der Waals surface area contributed by atoms with Crippen molar-refractivity contribution in [3.8, 4) is 21.6 Å². The molecule has 1 fully saturated rings. The van der Waals surface area contributed by atoms with E-state index in [9.17, 15) is 18.3 Å². The van der Waals surface area contributed by atoms with Gasteiger partial charge in [0.2, 0.25) is 10.0 Å². The summed E-state index contributed by atoms with van der Waals surface area (Å²) in [6, 6.07) is 14.3. The maximum atomic E-state index is 11.9. The first-order valence-corrected chi connectivity index (χ1v) is 11.2. The third-order valence-electron chi connectivity index (χ3n) is 5.03. The van der Waals surface area contributed by atoms with Gasteiger partial charge in [0.1, 0.15) is 4.88 Å². The Hall–Kier alpha value is -2.48. The van der Waals surface area contributed by atoms with Gasteiger partial charge < -0.3 is 5.11 Å². The minimum absolute atomic E-state index is 0.00287. The highest BCUT2D eigenvalue weighted by atomic mass is 32.2. The van der Waals surface area contributed by atoms with Gasteiger partial charge in [-0.1, -0.05) is 36.4 Å². The maximum Gasteiger partial charge on any atom is 0.346 e. The smallest absolute Gasteiger partial charge is 0.346 e. The Morgan fingerprint density at radius 2 is 1.61 bits per heavy atom. The van der Waals surface area contributed by atoms with Crippen molar-refractivity contribution in [1.29, 1.82) is 0 Å². The van der Waals surface area contributed by atoms with E-state index < -0.39 is 16.0 Å². The lowest BCUT2D eigenvalue weighted by atomic mass is 9.98. The Morgan fingerprint density at radius 1 is 1.04 bits per heavy atom. The first kappa shape index (κ1) is 18.9. The van der Waals surface area contributed by atoms with Crippen molar-refractivity contribution in [3.63, 3.8) is 0 Å². The van der Waals surface area contributed by atoms with Crippen LogP contribution in [0.1, 0.15) is 39.6 Å². The van der Waals surface area contributed by atoms with Gasteiger partial charge in [-0.2, -0.15) is 0 Å². The van der Waals surface area contributed by atoms with Gasteiger partial charge in [-0.3, -0.25) is 0 Å². The molecule has 0 spiro atoms. The van der Waals surface area contributed by atoms with Gasteiger partial charge in [-0.15, -0.1) is 11.3 Å². The summed E-state index contributed by atoms with van der Waals surface area (Å²) in [6.07, 6.45) is 2.47. The van der Waals surface area contributed by atoms with Crippen LogP contribution in [0.5, 0.6) is 0 Å². The SMILES string of the molecule is Cc1c(-c2ccc(C3CC3)cc2)sc(C(=O)O)c1-c1ccc(S(N)(=O)=O)cc1. The highest BCUT2D eigenvalue weighted by molar-refractivity contribution is 7.89. The third kappa shape index (κ3) is 3.48. The lowest BCUT2D eigenvalue weighted by Gasteiger charge is -2.06. The fourth-order valence-electron chi connectivity index (χ4n) is 3.42. The zero-order valence-corrected chi connectivity index (χ0v) is 16.8. The number of benzene rings is 2. The molecule has 1 aromatic heterocycles. The molecule has 1 aliphatic rings. The van der Waals surface area contributed by atoms with Crippen LogP contribution in [0, 0.1) is 6.92 Å². The van der Waals surface area contributed by atoms with Crippen LogP contribution in [-0.4, -0.2) is 19.5 Å². The summed E-state index contributed by atoms with van der Waals surface area (Å²) in [4.78, 5) is 13.0. The van der Waals surface area contributed by atoms with E-state index in [1.807, 2.05) is 19.1 Å². The van der Waals surface area contributed by atoms with E-state index in [4.69, 9.17) is 5.14 Å². The van der Waals surface area contributed by atoms with Crippen LogP contribution in [0.4, 0.5) is 0 Å². The number of nitrogens with two attached hydrogens (primary N) is 1. The first-order valence-electron chi connectivity index (χ1n) is 8.86. The van der Waals surface area contributed by atoms with Gasteiger partial charge in [-0.05, 0) is 60.1 Å².